The van der Waals surface area contributed by atoms with Gasteiger partial charge in [0.25, 0.3) is 5.91 Å². The number of imide groups is 1. The average molecular weight is 409 g/mol. The van der Waals surface area contributed by atoms with E-state index in [1.165, 1.54) is 23.5 Å². The van der Waals surface area contributed by atoms with E-state index < -0.39 is 6.03 Å². The van der Waals surface area contributed by atoms with Crippen LogP contribution in [0.5, 0.6) is 0 Å². The normalized spacial score (nSPS) is 13.5. The molecule has 0 aliphatic carbocycles. The van der Waals surface area contributed by atoms with Crippen molar-refractivity contribution in [2.24, 2.45) is 0 Å². The molecule has 6 nitrogen and oxygen atoms in total. The number of hydrogen-bond donors (Lipinski definition) is 2. The maximum absolute atomic E-state index is 13.1. The SMILES string of the molecule is O=C(Nc1cccc(CN2C(=O)CNC2=O)c1)c1ccc(-c2ccc(F)cc2)s1. The molecule has 0 radical (unpaired) electrons. The van der Waals surface area contributed by atoms with Gasteiger partial charge in [0.2, 0.25) is 5.91 Å². The van der Waals surface area contributed by atoms with Gasteiger partial charge in [-0.1, -0.05) is 24.3 Å². The van der Waals surface area contributed by atoms with Crippen LogP contribution in [-0.2, 0) is 11.3 Å². The van der Waals surface area contributed by atoms with Gasteiger partial charge >= 0.3 is 6.03 Å². The molecule has 0 bridgehead atoms. The molecule has 2 heterocycles. The zero-order valence-corrected chi connectivity index (χ0v) is 16.0. The van der Waals surface area contributed by atoms with Crippen LogP contribution >= 0.6 is 11.3 Å². The largest absolute Gasteiger partial charge is 0.329 e. The Bertz CT molecular complexity index is 1080. The predicted molar refractivity (Wildman–Crippen MR) is 108 cm³/mol. The summed E-state index contributed by atoms with van der Waals surface area (Å²) >= 11 is 1.31. The number of halogens is 1. The highest BCUT2D eigenvalue weighted by molar-refractivity contribution is 7.17. The summed E-state index contributed by atoms with van der Waals surface area (Å²) in [6.45, 7) is 0.145. The average Bonchev–Trinajstić information content (AvgIpc) is 3.32. The lowest BCUT2D eigenvalue weighted by atomic mass is 10.2. The van der Waals surface area contributed by atoms with E-state index in [1.807, 2.05) is 6.07 Å². The summed E-state index contributed by atoms with van der Waals surface area (Å²) in [5.41, 5.74) is 2.13. The highest BCUT2D eigenvalue weighted by Crippen LogP contribution is 2.29. The van der Waals surface area contributed by atoms with Gasteiger partial charge in [-0.05, 0) is 47.5 Å². The molecule has 4 amide bonds. The molecule has 1 aliphatic heterocycles. The monoisotopic (exact) mass is 409 g/mol. The molecule has 0 spiro atoms. The molecule has 146 valence electrons. The van der Waals surface area contributed by atoms with Crippen LogP contribution in [0.25, 0.3) is 10.4 Å². The lowest BCUT2D eigenvalue weighted by Gasteiger charge is -2.13. The third-order valence-electron chi connectivity index (χ3n) is 4.42. The molecule has 2 aromatic carbocycles. The van der Waals surface area contributed by atoms with E-state index in [2.05, 4.69) is 10.6 Å². The number of amides is 4. The number of urea groups is 1. The van der Waals surface area contributed by atoms with Crippen molar-refractivity contribution in [1.29, 1.82) is 0 Å². The van der Waals surface area contributed by atoms with Crippen molar-refractivity contribution < 1.29 is 18.8 Å². The Kier molecular flexibility index (Phi) is 5.09. The molecule has 0 unspecified atom stereocenters. The van der Waals surface area contributed by atoms with Gasteiger partial charge < -0.3 is 10.6 Å². The summed E-state index contributed by atoms with van der Waals surface area (Å²) in [5.74, 6) is -0.858. The third-order valence-corrected chi connectivity index (χ3v) is 5.55. The van der Waals surface area contributed by atoms with Crippen LogP contribution in [0.1, 0.15) is 15.2 Å². The van der Waals surface area contributed by atoms with Crippen LogP contribution in [0.3, 0.4) is 0 Å². The molecular formula is C21H16FN3O3S. The summed E-state index contributed by atoms with van der Waals surface area (Å²) in [5, 5.41) is 5.30. The topological polar surface area (TPSA) is 78.5 Å². The van der Waals surface area contributed by atoms with Gasteiger partial charge in [0, 0.05) is 10.6 Å². The van der Waals surface area contributed by atoms with Crippen molar-refractivity contribution >= 4 is 34.9 Å². The van der Waals surface area contributed by atoms with E-state index in [-0.39, 0.29) is 30.7 Å². The van der Waals surface area contributed by atoms with E-state index in [4.69, 9.17) is 0 Å². The molecule has 2 N–H and O–H groups in total. The Hall–Kier alpha value is -3.52. The number of carbonyl (C=O) groups is 3. The van der Waals surface area contributed by atoms with Crippen molar-refractivity contribution in [2.75, 3.05) is 11.9 Å². The summed E-state index contributed by atoms with van der Waals surface area (Å²) in [6.07, 6.45) is 0. The first kappa shape index (κ1) is 18.8. The molecule has 8 heteroatoms. The standard InChI is InChI=1S/C21H16FN3O3S/c22-15-6-4-14(5-7-15)17-8-9-18(29-17)20(27)24-16-3-1-2-13(10-16)12-25-19(26)11-23-21(25)28/h1-10H,11-12H2,(H,23,28)(H,24,27). The smallest absolute Gasteiger partial charge is 0.324 e. The van der Waals surface area contributed by atoms with Crippen LogP contribution in [-0.4, -0.2) is 29.3 Å². The molecule has 1 fully saturated rings. The fourth-order valence-corrected chi connectivity index (χ4v) is 3.87. The first-order valence-electron chi connectivity index (χ1n) is 8.84. The molecule has 4 rings (SSSR count). The lowest BCUT2D eigenvalue weighted by Crippen LogP contribution is -2.30. The Balaban J connectivity index is 1.45. The van der Waals surface area contributed by atoms with Crippen molar-refractivity contribution in [2.45, 2.75) is 6.54 Å². The van der Waals surface area contributed by atoms with E-state index in [1.54, 1.807) is 42.5 Å². The number of benzene rings is 2. The van der Waals surface area contributed by atoms with Crippen LogP contribution in [0, 0.1) is 5.82 Å². The van der Waals surface area contributed by atoms with Crippen LogP contribution in [0.2, 0.25) is 0 Å². The highest BCUT2D eigenvalue weighted by Gasteiger charge is 2.28. The van der Waals surface area contributed by atoms with Crippen LogP contribution < -0.4 is 10.6 Å². The van der Waals surface area contributed by atoms with E-state index in [0.29, 0.717) is 10.6 Å². The fraction of sp³-hybridized carbons (Fsp3) is 0.0952. The minimum absolute atomic E-state index is 0.00399. The summed E-state index contributed by atoms with van der Waals surface area (Å²) in [6, 6.07) is 16.2. The molecule has 1 aliphatic rings. The van der Waals surface area contributed by atoms with Crippen molar-refractivity contribution in [3.8, 4) is 10.4 Å². The second-order valence-electron chi connectivity index (χ2n) is 6.46. The van der Waals surface area contributed by atoms with Gasteiger partial charge in [0.15, 0.2) is 0 Å². The Labute approximate surface area is 170 Å². The molecule has 1 saturated heterocycles. The van der Waals surface area contributed by atoms with Gasteiger partial charge in [-0.2, -0.15) is 0 Å². The van der Waals surface area contributed by atoms with Crippen LogP contribution in [0.4, 0.5) is 14.9 Å². The van der Waals surface area contributed by atoms with Crippen LogP contribution in [0.15, 0.2) is 60.7 Å². The van der Waals surface area contributed by atoms with Crippen molar-refractivity contribution in [3.05, 3.63) is 76.9 Å². The maximum Gasteiger partial charge on any atom is 0.324 e. The second kappa shape index (κ2) is 7.84. The number of thiophene rings is 1. The number of nitrogens with one attached hydrogen (secondary N) is 2. The fourth-order valence-electron chi connectivity index (χ4n) is 2.97. The second-order valence-corrected chi connectivity index (χ2v) is 7.55. The van der Waals surface area contributed by atoms with Crippen molar-refractivity contribution in [1.82, 2.24) is 10.2 Å². The third kappa shape index (κ3) is 4.17. The first-order valence-corrected chi connectivity index (χ1v) is 9.65. The Morgan fingerprint density at radius 1 is 1.10 bits per heavy atom. The minimum Gasteiger partial charge on any atom is -0.329 e. The summed E-state index contributed by atoms with van der Waals surface area (Å²) < 4.78 is 13.1. The highest BCUT2D eigenvalue weighted by atomic mass is 32.1. The van der Waals surface area contributed by atoms with Gasteiger partial charge in [-0.25, -0.2) is 9.18 Å². The Morgan fingerprint density at radius 2 is 1.90 bits per heavy atom. The zero-order chi connectivity index (χ0) is 20.4. The number of anilines is 1. The zero-order valence-electron chi connectivity index (χ0n) is 15.1. The number of carbonyl (C=O) groups excluding carboxylic acids is 3. The molecule has 3 aromatic rings. The number of nitrogens with zero attached hydrogens (tertiary/aromatic N) is 1. The quantitative estimate of drug-likeness (QED) is 0.628. The molecule has 1 aromatic heterocycles. The van der Waals surface area contributed by atoms with E-state index in [0.717, 1.165) is 20.9 Å². The number of rotatable bonds is 5. The summed E-state index contributed by atoms with van der Waals surface area (Å²) in [7, 11) is 0. The van der Waals surface area contributed by atoms with Crippen molar-refractivity contribution in [3.63, 3.8) is 0 Å². The van der Waals surface area contributed by atoms with Gasteiger partial charge in [0.05, 0.1) is 18.0 Å². The maximum atomic E-state index is 13.1. The lowest BCUT2D eigenvalue weighted by molar-refractivity contribution is -0.125. The Morgan fingerprint density at radius 3 is 2.62 bits per heavy atom. The molecule has 0 atom stereocenters. The first-order chi connectivity index (χ1) is 14.0. The summed E-state index contributed by atoms with van der Waals surface area (Å²) in [4.78, 5) is 38.5. The minimum atomic E-state index is -0.420. The molecule has 29 heavy (non-hydrogen) atoms. The molecule has 0 saturated carbocycles. The number of hydrogen-bond acceptors (Lipinski definition) is 4. The predicted octanol–water partition coefficient (Wildman–Crippen LogP) is 3.86. The van der Waals surface area contributed by atoms with Gasteiger partial charge in [-0.3, -0.25) is 14.5 Å². The van der Waals surface area contributed by atoms with E-state index in [9.17, 15) is 18.8 Å². The van der Waals surface area contributed by atoms with Gasteiger partial charge in [-0.15, -0.1) is 11.3 Å². The molecular weight excluding hydrogens is 393 g/mol. The van der Waals surface area contributed by atoms with E-state index >= 15 is 0 Å². The van der Waals surface area contributed by atoms with Gasteiger partial charge in [0.1, 0.15) is 5.82 Å².